The molecule has 0 saturated heterocycles. The number of anilines is 3. The molecule has 51 heavy (non-hydrogen) atoms. The molecule has 0 bridgehead atoms. The Labute approximate surface area is 302 Å². The molecule has 0 aliphatic heterocycles. The maximum absolute atomic E-state index is 2.43. The van der Waals surface area contributed by atoms with Crippen molar-refractivity contribution in [3.8, 4) is 33.4 Å². The first-order valence-corrected chi connectivity index (χ1v) is 18.5. The molecule has 0 unspecified atom stereocenters. The first-order valence-electron chi connectivity index (χ1n) is 17.7. The summed E-state index contributed by atoms with van der Waals surface area (Å²) in [7, 11) is 0. The number of fused-ring (bicyclic) bond motifs is 7. The van der Waals surface area contributed by atoms with Crippen molar-refractivity contribution in [3.05, 3.63) is 187 Å². The lowest BCUT2D eigenvalue weighted by Gasteiger charge is -2.28. The Bertz CT molecular complexity index is 2770. The molecule has 0 amide bonds. The van der Waals surface area contributed by atoms with E-state index in [4.69, 9.17) is 0 Å². The second-order valence-electron chi connectivity index (χ2n) is 14.2. The molecule has 1 aliphatic carbocycles. The molecular formula is C49H35NS. The van der Waals surface area contributed by atoms with Gasteiger partial charge in [-0.15, -0.1) is 11.3 Å². The van der Waals surface area contributed by atoms with Gasteiger partial charge in [-0.2, -0.15) is 0 Å². The van der Waals surface area contributed by atoms with Crippen molar-refractivity contribution in [2.45, 2.75) is 19.3 Å². The van der Waals surface area contributed by atoms with Crippen LogP contribution >= 0.6 is 11.3 Å². The Kier molecular flexibility index (Phi) is 6.78. The lowest BCUT2D eigenvalue weighted by Crippen LogP contribution is -2.16. The van der Waals surface area contributed by atoms with Crippen LogP contribution in [0.2, 0.25) is 0 Å². The number of benzene rings is 8. The lowest BCUT2D eigenvalue weighted by molar-refractivity contribution is 0.660. The van der Waals surface area contributed by atoms with Gasteiger partial charge in [-0.1, -0.05) is 129 Å². The van der Waals surface area contributed by atoms with E-state index in [2.05, 4.69) is 195 Å². The molecule has 0 N–H and O–H groups in total. The summed E-state index contributed by atoms with van der Waals surface area (Å²) < 4.78 is 2.67. The summed E-state index contributed by atoms with van der Waals surface area (Å²) in [6.07, 6.45) is 0. The molecule has 1 nitrogen and oxygen atoms in total. The van der Waals surface area contributed by atoms with E-state index in [-0.39, 0.29) is 5.41 Å². The van der Waals surface area contributed by atoms with Crippen molar-refractivity contribution >= 4 is 59.3 Å². The van der Waals surface area contributed by atoms with E-state index in [9.17, 15) is 0 Å². The summed E-state index contributed by atoms with van der Waals surface area (Å²) in [6.45, 7) is 4.75. The Morgan fingerprint density at radius 2 is 0.961 bits per heavy atom. The summed E-state index contributed by atoms with van der Waals surface area (Å²) in [4.78, 5) is 2.42. The number of hydrogen-bond acceptors (Lipinski definition) is 2. The maximum atomic E-state index is 2.43. The molecule has 1 aromatic heterocycles. The van der Waals surface area contributed by atoms with Gasteiger partial charge < -0.3 is 4.90 Å². The van der Waals surface area contributed by atoms with Crippen LogP contribution in [0, 0.1) is 0 Å². The van der Waals surface area contributed by atoms with Crippen LogP contribution in [0.3, 0.4) is 0 Å². The van der Waals surface area contributed by atoms with Gasteiger partial charge in [0.25, 0.3) is 0 Å². The van der Waals surface area contributed by atoms with Crippen molar-refractivity contribution in [1.82, 2.24) is 0 Å². The molecule has 0 fully saturated rings. The minimum Gasteiger partial charge on any atom is -0.310 e. The van der Waals surface area contributed by atoms with Gasteiger partial charge in [-0.05, 0) is 116 Å². The molecule has 0 saturated carbocycles. The topological polar surface area (TPSA) is 3.24 Å². The molecule has 8 aromatic carbocycles. The third-order valence-corrected chi connectivity index (χ3v) is 12.0. The largest absolute Gasteiger partial charge is 0.310 e. The van der Waals surface area contributed by atoms with Gasteiger partial charge in [0, 0.05) is 42.6 Å². The lowest BCUT2D eigenvalue weighted by atomic mass is 9.81. The average Bonchev–Trinajstić information content (AvgIpc) is 3.66. The van der Waals surface area contributed by atoms with Crippen molar-refractivity contribution in [1.29, 1.82) is 0 Å². The highest BCUT2D eigenvalue weighted by atomic mass is 32.1. The van der Waals surface area contributed by atoms with E-state index in [1.165, 1.54) is 75.5 Å². The normalized spacial score (nSPS) is 13.1. The van der Waals surface area contributed by atoms with Crippen molar-refractivity contribution in [2.24, 2.45) is 0 Å². The van der Waals surface area contributed by atoms with Gasteiger partial charge in [0.05, 0.1) is 0 Å². The molecular weight excluding hydrogens is 635 g/mol. The van der Waals surface area contributed by atoms with Crippen molar-refractivity contribution in [3.63, 3.8) is 0 Å². The van der Waals surface area contributed by atoms with Crippen LogP contribution < -0.4 is 4.90 Å². The molecule has 0 radical (unpaired) electrons. The zero-order valence-corrected chi connectivity index (χ0v) is 29.4. The van der Waals surface area contributed by atoms with Gasteiger partial charge >= 0.3 is 0 Å². The second-order valence-corrected chi connectivity index (χ2v) is 15.3. The van der Waals surface area contributed by atoms with E-state index in [0.717, 1.165) is 17.1 Å². The molecule has 242 valence electrons. The van der Waals surface area contributed by atoms with E-state index < -0.39 is 0 Å². The average molecular weight is 670 g/mol. The van der Waals surface area contributed by atoms with Crippen LogP contribution in [0.4, 0.5) is 17.1 Å². The van der Waals surface area contributed by atoms with Gasteiger partial charge in [0.15, 0.2) is 0 Å². The fraction of sp³-hybridized carbons (Fsp3) is 0.0612. The van der Waals surface area contributed by atoms with E-state index in [0.29, 0.717) is 0 Å². The van der Waals surface area contributed by atoms with Gasteiger partial charge in [-0.25, -0.2) is 0 Å². The molecule has 0 atom stereocenters. The zero-order chi connectivity index (χ0) is 34.1. The number of thiophene rings is 1. The van der Waals surface area contributed by atoms with Gasteiger partial charge in [0.2, 0.25) is 0 Å². The smallest absolute Gasteiger partial charge is 0.0468 e. The quantitative estimate of drug-likeness (QED) is 0.176. The highest BCUT2D eigenvalue weighted by Gasteiger charge is 2.36. The van der Waals surface area contributed by atoms with Crippen LogP contribution in [-0.2, 0) is 5.41 Å². The Balaban J connectivity index is 1.08. The third kappa shape index (κ3) is 4.90. The molecule has 0 spiro atoms. The Hall–Kier alpha value is -5.96. The fourth-order valence-electron chi connectivity index (χ4n) is 8.15. The van der Waals surface area contributed by atoms with Crippen LogP contribution in [0.1, 0.15) is 25.0 Å². The Morgan fingerprint density at radius 1 is 0.392 bits per heavy atom. The summed E-state index contributed by atoms with van der Waals surface area (Å²) in [5, 5.41) is 5.13. The predicted molar refractivity (Wildman–Crippen MR) is 220 cm³/mol. The van der Waals surface area contributed by atoms with Crippen molar-refractivity contribution < 1.29 is 0 Å². The standard InChI is InChI=1S/C49H35NS/c1-49(2)45-30-37(32-10-4-3-5-11-32)19-25-41(45)42-26-24-40(31-46(42)49)50(39-23-18-33-12-6-7-13-35(33)28-39)38-21-16-34(17-22-38)36-20-27-48-44(29-36)43-14-8-9-15-47(43)51-48/h3-31H,1-2H3. The summed E-state index contributed by atoms with van der Waals surface area (Å²) in [5.41, 5.74) is 13.7. The van der Waals surface area contributed by atoms with Gasteiger partial charge in [-0.3, -0.25) is 0 Å². The number of nitrogens with zero attached hydrogens (tertiary/aromatic N) is 1. The molecule has 1 heterocycles. The zero-order valence-electron chi connectivity index (χ0n) is 28.6. The third-order valence-electron chi connectivity index (χ3n) is 10.9. The van der Waals surface area contributed by atoms with E-state index in [1.807, 2.05) is 11.3 Å². The number of rotatable bonds is 5. The minimum atomic E-state index is -0.144. The minimum absolute atomic E-state index is 0.144. The predicted octanol–water partition coefficient (Wildman–Crippen LogP) is 14.3. The van der Waals surface area contributed by atoms with Crippen LogP contribution in [0.15, 0.2) is 176 Å². The van der Waals surface area contributed by atoms with E-state index >= 15 is 0 Å². The van der Waals surface area contributed by atoms with E-state index in [1.54, 1.807) is 0 Å². The first kappa shape index (κ1) is 29.9. The van der Waals surface area contributed by atoms with Crippen LogP contribution in [-0.4, -0.2) is 0 Å². The van der Waals surface area contributed by atoms with Gasteiger partial charge in [0.1, 0.15) is 0 Å². The van der Waals surface area contributed by atoms with Crippen molar-refractivity contribution in [2.75, 3.05) is 4.90 Å². The molecule has 2 heteroatoms. The fourth-order valence-corrected chi connectivity index (χ4v) is 9.23. The molecule has 1 aliphatic rings. The van der Waals surface area contributed by atoms with Crippen LogP contribution in [0.5, 0.6) is 0 Å². The first-order chi connectivity index (χ1) is 25.0. The monoisotopic (exact) mass is 669 g/mol. The summed E-state index contributed by atoms with van der Waals surface area (Å²) >= 11 is 1.86. The number of hydrogen-bond donors (Lipinski definition) is 0. The molecule has 10 rings (SSSR count). The second kappa shape index (κ2) is 11.6. The maximum Gasteiger partial charge on any atom is 0.0468 e. The summed E-state index contributed by atoms with van der Waals surface area (Å²) in [5.74, 6) is 0. The SMILES string of the molecule is CC1(C)c2cc(-c3ccccc3)ccc2-c2ccc(N(c3ccc(-c4ccc5sc6ccccc6c5c4)cc3)c3ccc4ccccc4c3)cc21. The Morgan fingerprint density at radius 3 is 1.80 bits per heavy atom. The summed E-state index contributed by atoms with van der Waals surface area (Å²) in [6, 6.07) is 64.9. The highest BCUT2D eigenvalue weighted by molar-refractivity contribution is 7.25. The highest BCUT2D eigenvalue weighted by Crippen LogP contribution is 2.52. The molecule has 9 aromatic rings. The van der Waals surface area contributed by atoms with Crippen LogP contribution in [0.25, 0.3) is 64.3 Å².